The lowest BCUT2D eigenvalue weighted by Crippen LogP contribution is -2.27. The normalized spacial score (nSPS) is 15.8. The Hall–Kier alpha value is -2.00. The summed E-state index contributed by atoms with van der Waals surface area (Å²) in [7, 11) is 0. The van der Waals surface area contributed by atoms with Crippen LogP contribution in [0.15, 0.2) is 21.5 Å². The number of ether oxygens (including phenoxy) is 2. The predicted molar refractivity (Wildman–Crippen MR) is 96.8 cm³/mol. The van der Waals surface area contributed by atoms with E-state index in [1.54, 1.807) is 32.1 Å². The van der Waals surface area contributed by atoms with Crippen LogP contribution in [0.1, 0.15) is 19.4 Å². The number of carboxylic acid groups (broad SMARTS) is 1. The van der Waals surface area contributed by atoms with Gasteiger partial charge in [0.1, 0.15) is 0 Å². The van der Waals surface area contributed by atoms with Crippen molar-refractivity contribution in [3.63, 3.8) is 0 Å². The van der Waals surface area contributed by atoms with Crippen LogP contribution in [0.5, 0.6) is 11.5 Å². The number of halogens is 1. The third kappa shape index (κ3) is 4.55. The van der Waals surface area contributed by atoms with Crippen molar-refractivity contribution in [1.29, 1.82) is 0 Å². The maximum Gasteiger partial charge on any atom is 0.341 e. The molecule has 1 aromatic carbocycles. The molecule has 1 aromatic rings. The van der Waals surface area contributed by atoms with Crippen LogP contribution in [-0.4, -0.2) is 46.9 Å². The van der Waals surface area contributed by atoms with Crippen molar-refractivity contribution >= 4 is 50.9 Å². The standard InChI is InChI=1S/C16H16BrNO6S/c1-3-18-15(21)13(25-16(18)22)6-9-5-11(23-4-2)12(7-10(9)17)24-8-14(19)20/h5-7H,3-4,8H2,1-2H3,(H,19,20)/b13-6+. The highest BCUT2D eigenvalue weighted by molar-refractivity contribution is 9.10. The Morgan fingerprint density at radius 3 is 2.52 bits per heavy atom. The highest BCUT2D eigenvalue weighted by atomic mass is 79.9. The first kappa shape index (κ1) is 19.3. The molecule has 0 spiro atoms. The largest absolute Gasteiger partial charge is 0.490 e. The molecule has 0 unspecified atom stereocenters. The molecule has 2 amide bonds. The van der Waals surface area contributed by atoms with Crippen LogP contribution >= 0.6 is 27.7 Å². The number of hydrogen-bond donors (Lipinski definition) is 1. The fourth-order valence-electron chi connectivity index (χ4n) is 2.10. The van der Waals surface area contributed by atoms with Crippen molar-refractivity contribution in [2.75, 3.05) is 19.8 Å². The SMILES string of the molecule is CCOc1cc(/C=C2/SC(=O)N(CC)C2=O)c(Br)cc1OCC(=O)O. The summed E-state index contributed by atoms with van der Waals surface area (Å²) in [5, 5.41) is 8.44. The number of likely N-dealkylation sites (N-methyl/N-ethyl adjacent to an activating group) is 1. The smallest absolute Gasteiger partial charge is 0.341 e. The molecule has 25 heavy (non-hydrogen) atoms. The van der Waals surface area contributed by atoms with Gasteiger partial charge in [0, 0.05) is 11.0 Å². The van der Waals surface area contributed by atoms with Gasteiger partial charge in [0.2, 0.25) is 0 Å². The number of aliphatic carboxylic acids is 1. The molecule has 0 aromatic heterocycles. The van der Waals surface area contributed by atoms with Gasteiger partial charge in [-0.05, 0) is 49.4 Å². The van der Waals surface area contributed by atoms with Gasteiger partial charge in [-0.3, -0.25) is 14.5 Å². The Morgan fingerprint density at radius 2 is 1.96 bits per heavy atom. The number of benzene rings is 1. The lowest BCUT2D eigenvalue weighted by atomic mass is 10.2. The summed E-state index contributed by atoms with van der Waals surface area (Å²) < 4.78 is 11.3. The van der Waals surface area contributed by atoms with E-state index in [0.29, 0.717) is 33.8 Å². The quantitative estimate of drug-likeness (QED) is 0.663. The molecule has 1 fully saturated rings. The molecule has 7 nitrogen and oxygen atoms in total. The molecule has 0 bridgehead atoms. The van der Waals surface area contributed by atoms with E-state index in [4.69, 9.17) is 14.6 Å². The second-order valence-electron chi connectivity index (χ2n) is 4.86. The van der Waals surface area contributed by atoms with Crippen LogP contribution in [0.4, 0.5) is 4.79 Å². The number of carboxylic acids is 1. The van der Waals surface area contributed by atoms with Gasteiger partial charge in [-0.25, -0.2) is 4.79 Å². The van der Waals surface area contributed by atoms with Crippen molar-refractivity contribution in [1.82, 2.24) is 4.90 Å². The first-order chi connectivity index (χ1) is 11.9. The number of carbonyl (C=O) groups is 3. The van der Waals surface area contributed by atoms with Gasteiger partial charge in [-0.2, -0.15) is 0 Å². The molecule has 0 saturated carbocycles. The minimum Gasteiger partial charge on any atom is -0.490 e. The summed E-state index contributed by atoms with van der Waals surface area (Å²) >= 11 is 4.24. The van der Waals surface area contributed by atoms with Crippen LogP contribution in [0, 0.1) is 0 Å². The van der Waals surface area contributed by atoms with Crippen LogP contribution in [-0.2, 0) is 9.59 Å². The Labute approximate surface area is 157 Å². The minimum atomic E-state index is -1.10. The molecule has 1 aliphatic rings. The van der Waals surface area contributed by atoms with E-state index in [1.165, 1.54) is 0 Å². The summed E-state index contributed by atoms with van der Waals surface area (Å²) in [6, 6.07) is 3.20. The fourth-order valence-corrected chi connectivity index (χ4v) is 3.43. The number of imide groups is 1. The number of rotatable bonds is 7. The second kappa shape index (κ2) is 8.39. The molecular weight excluding hydrogens is 414 g/mol. The minimum absolute atomic E-state index is 0.273. The number of thioether (sulfide) groups is 1. The predicted octanol–water partition coefficient (Wildman–Crippen LogP) is 3.37. The van der Waals surface area contributed by atoms with Gasteiger partial charge < -0.3 is 14.6 Å². The highest BCUT2D eigenvalue weighted by Crippen LogP contribution is 2.38. The topological polar surface area (TPSA) is 93.1 Å². The molecule has 2 rings (SSSR count). The van der Waals surface area contributed by atoms with Crippen LogP contribution in [0.25, 0.3) is 6.08 Å². The van der Waals surface area contributed by atoms with Gasteiger partial charge in [0.05, 0.1) is 11.5 Å². The van der Waals surface area contributed by atoms with Crippen molar-refractivity contribution in [2.24, 2.45) is 0 Å². The average Bonchev–Trinajstić information content (AvgIpc) is 2.82. The summed E-state index contributed by atoms with van der Waals surface area (Å²) in [6.45, 7) is 3.69. The molecule has 0 aliphatic carbocycles. The van der Waals surface area contributed by atoms with E-state index >= 15 is 0 Å². The Balaban J connectivity index is 2.37. The van der Waals surface area contributed by atoms with Gasteiger partial charge in [-0.1, -0.05) is 15.9 Å². The zero-order chi connectivity index (χ0) is 18.6. The van der Waals surface area contributed by atoms with E-state index in [2.05, 4.69) is 15.9 Å². The van der Waals surface area contributed by atoms with E-state index in [0.717, 1.165) is 16.7 Å². The van der Waals surface area contributed by atoms with E-state index < -0.39 is 12.6 Å². The molecule has 0 radical (unpaired) electrons. The first-order valence-electron chi connectivity index (χ1n) is 7.43. The van der Waals surface area contributed by atoms with Crippen molar-refractivity contribution in [3.05, 3.63) is 27.1 Å². The summed E-state index contributed by atoms with van der Waals surface area (Å²) in [5.41, 5.74) is 0.618. The molecule has 9 heteroatoms. The highest BCUT2D eigenvalue weighted by Gasteiger charge is 2.33. The van der Waals surface area contributed by atoms with Crippen LogP contribution in [0.3, 0.4) is 0 Å². The second-order valence-corrected chi connectivity index (χ2v) is 6.71. The zero-order valence-electron chi connectivity index (χ0n) is 13.6. The molecule has 1 heterocycles. The first-order valence-corrected chi connectivity index (χ1v) is 9.04. The number of amides is 2. The molecule has 1 aliphatic heterocycles. The molecule has 134 valence electrons. The lowest BCUT2D eigenvalue weighted by molar-refractivity contribution is -0.139. The fraction of sp³-hybridized carbons (Fsp3) is 0.312. The van der Waals surface area contributed by atoms with Crippen molar-refractivity contribution in [3.8, 4) is 11.5 Å². The molecule has 1 saturated heterocycles. The van der Waals surface area contributed by atoms with Gasteiger partial charge in [-0.15, -0.1) is 0 Å². The van der Waals surface area contributed by atoms with Gasteiger partial charge in [0.25, 0.3) is 11.1 Å². The van der Waals surface area contributed by atoms with Crippen molar-refractivity contribution in [2.45, 2.75) is 13.8 Å². The maximum atomic E-state index is 12.2. The van der Waals surface area contributed by atoms with E-state index in [9.17, 15) is 14.4 Å². The third-order valence-electron chi connectivity index (χ3n) is 3.19. The molecule has 0 atom stereocenters. The Kier molecular flexibility index (Phi) is 6.49. The van der Waals surface area contributed by atoms with E-state index in [1.807, 2.05) is 0 Å². The Bertz CT molecular complexity index is 748. The maximum absolute atomic E-state index is 12.2. The number of nitrogens with zero attached hydrogens (tertiary/aromatic N) is 1. The third-order valence-corrected chi connectivity index (χ3v) is 4.78. The zero-order valence-corrected chi connectivity index (χ0v) is 16.0. The van der Waals surface area contributed by atoms with Gasteiger partial charge in [0.15, 0.2) is 18.1 Å². The number of carbonyl (C=O) groups excluding carboxylic acids is 2. The summed E-state index contributed by atoms with van der Waals surface area (Å²) in [4.78, 5) is 36.2. The average molecular weight is 430 g/mol. The molecular formula is C16H16BrNO6S. The van der Waals surface area contributed by atoms with Crippen molar-refractivity contribution < 1.29 is 29.0 Å². The van der Waals surface area contributed by atoms with E-state index in [-0.39, 0.29) is 16.9 Å². The molecule has 1 N–H and O–H groups in total. The van der Waals surface area contributed by atoms with Gasteiger partial charge >= 0.3 is 5.97 Å². The van der Waals surface area contributed by atoms with Crippen LogP contribution in [0.2, 0.25) is 0 Å². The lowest BCUT2D eigenvalue weighted by Gasteiger charge is -2.13. The summed E-state index contributed by atoms with van der Waals surface area (Å²) in [5.74, 6) is -0.813. The number of hydrogen-bond acceptors (Lipinski definition) is 6. The monoisotopic (exact) mass is 429 g/mol. The Morgan fingerprint density at radius 1 is 1.28 bits per heavy atom. The summed E-state index contributed by atoms with van der Waals surface area (Å²) in [6.07, 6.45) is 1.59. The van der Waals surface area contributed by atoms with Crippen LogP contribution < -0.4 is 9.47 Å².